The largest absolute Gasteiger partial charge is 0.504 e. The van der Waals surface area contributed by atoms with Crippen molar-refractivity contribution in [1.29, 1.82) is 0 Å². The van der Waals surface area contributed by atoms with Gasteiger partial charge in [0.2, 0.25) is 0 Å². The summed E-state index contributed by atoms with van der Waals surface area (Å²) in [6.07, 6.45) is 1.64. The molecule has 0 saturated carbocycles. The van der Waals surface area contributed by atoms with Gasteiger partial charge in [-0.25, -0.2) is 0 Å². The molecule has 20 heavy (non-hydrogen) atoms. The minimum absolute atomic E-state index is 0.139. The lowest BCUT2D eigenvalue weighted by Gasteiger charge is -2.08. The molecular formula is C17H14O3. The second-order valence-electron chi connectivity index (χ2n) is 4.57. The number of ether oxygens (including phenoxy) is 1. The van der Waals surface area contributed by atoms with Crippen LogP contribution >= 0.6 is 0 Å². The van der Waals surface area contributed by atoms with Crippen LogP contribution in [0.1, 0.15) is 5.56 Å². The SMILES string of the molecule is Cc1ccc(Oc2ccc(-c3ccco3)cc2)c(O)c1. The molecular weight excluding hydrogens is 252 g/mol. The molecule has 3 nitrogen and oxygen atoms in total. The molecule has 2 aromatic carbocycles. The first kappa shape index (κ1) is 12.4. The van der Waals surface area contributed by atoms with Crippen molar-refractivity contribution in [2.24, 2.45) is 0 Å². The smallest absolute Gasteiger partial charge is 0.169 e. The molecule has 0 atom stereocenters. The van der Waals surface area contributed by atoms with E-state index in [4.69, 9.17) is 9.15 Å². The van der Waals surface area contributed by atoms with Crippen LogP contribution in [0.4, 0.5) is 0 Å². The number of benzene rings is 2. The number of rotatable bonds is 3. The van der Waals surface area contributed by atoms with E-state index in [-0.39, 0.29) is 5.75 Å². The lowest BCUT2D eigenvalue weighted by Crippen LogP contribution is -1.85. The molecule has 0 bridgehead atoms. The molecule has 0 aliphatic heterocycles. The number of aryl methyl sites for hydroxylation is 1. The molecule has 0 aliphatic carbocycles. The van der Waals surface area contributed by atoms with Crippen LogP contribution in [0.5, 0.6) is 17.2 Å². The van der Waals surface area contributed by atoms with Crippen molar-refractivity contribution in [2.75, 3.05) is 0 Å². The maximum atomic E-state index is 9.82. The monoisotopic (exact) mass is 266 g/mol. The standard InChI is InChI=1S/C17H14O3/c1-12-4-9-17(15(18)11-12)20-14-7-5-13(6-8-14)16-3-2-10-19-16/h2-11,18H,1H3. The van der Waals surface area contributed by atoms with Crippen LogP contribution < -0.4 is 4.74 Å². The summed E-state index contributed by atoms with van der Waals surface area (Å²) in [5.41, 5.74) is 1.97. The average molecular weight is 266 g/mol. The van der Waals surface area contributed by atoms with Gasteiger partial charge in [-0.2, -0.15) is 0 Å². The van der Waals surface area contributed by atoms with Crippen molar-refractivity contribution in [3.63, 3.8) is 0 Å². The van der Waals surface area contributed by atoms with E-state index in [2.05, 4.69) is 0 Å². The van der Waals surface area contributed by atoms with E-state index in [1.54, 1.807) is 18.4 Å². The molecule has 100 valence electrons. The van der Waals surface area contributed by atoms with Crippen LogP contribution in [0.15, 0.2) is 65.3 Å². The summed E-state index contributed by atoms with van der Waals surface area (Å²) < 4.78 is 11.0. The van der Waals surface area contributed by atoms with E-state index in [0.29, 0.717) is 11.5 Å². The Kier molecular flexibility index (Phi) is 3.17. The van der Waals surface area contributed by atoms with Gasteiger partial charge in [0, 0.05) is 5.56 Å². The maximum Gasteiger partial charge on any atom is 0.169 e. The molecule has 0 unspecified atom stereocenters. The van der Waals surface area contributed by atoms with Gasteiger partial charge in [0.25, 0.3) is 0 Å². The van der Waals surface area contributed by atoms with Crippen molar-refractivity contribution >= 4 is 0 Å². The van der Waals surface area contributed by atoms with Gasteiger partial charge in [-0.15, -0.1) is 0 Å². The average Bonchev–Trinajstić information content (AvgIpc) is 2.97. The Morgan fingerprint density at radius 1 is 1.00 bits per heavy atom. The fourth-order valence-electron chi connectivity index (χ4n) is 1.97. The highest BCUT2D eigenvalue weighted by molar-refractivity contribution is 5.58. The second kappa shape index (κ2) is 5.13. The minimum atomic E-state index is 0.139. The summed E-state index contributed by atoms with van der Waals surface area (Å²) in [6, 6.07) is 16.6. The molecule has 0 amide bonds. The summed E-state index contributed by atoms with van der Waals surface area (Å²) in [5.74, 6) is 2.07. The van der Waals surface area contributed by atoms with Crippen molar-refractivity contribution in [1.82, 2.24) is 0 Å². The van der Waals surface area contributed by atoms with Gasteiger partial charge in [0.15, 0.2) is 11.5 Å². The summed E-state index contributed by atoms with van der Waals surface area (Å²) >= 11 is 0. The maximum absolute atomic E-state index is 9.82. The Balaban J connectivity index is 1.81. The molecule has 0 saturated heterocycles. The Morgan fingerprint density at radius 2 is 1.80 bits per heavy atom. The van der Waals surface area contributed by atoms with Crippen LogP contribution in [0.3, 0.4) is 0 Å². The number of hydrogen-bond acceptors (Lipinski definition) is 3. The van der Waals surface area contributed by atoms with Gasteiger partial charge >= 0.3 is 0 Å². The molecule has 0 spiro atoms. The molecule has 0 fully saturated rings. The van der Waals surface area contributed by atoms with E-state index in [1.807, 2.05) is 49.4 Å². The fraction of sp³-hybridized carbons (Fsp3) is 0.0588. The molecule has 3 aromatic rings. The highest BCUT2D eigenvalue weighted by Gasteiger charge is 2.05. The first-order valence-electron chi connectivity index (χ1n) is 6.34. The third-order valence-corrected chi connectivity index (χ3v) is 3.00. The van der Waals surface area contributed by atoms with Gasteiger partial charge < -0.3 is 14.3 Å². The predicted octanol–water partition coefficient (Wildman–Crippen LogP) is 4.75. The number of aromatic hydroxyl groups is 1. The Labute approximate surface area is 117 Å². The Bertz CT molecular complexity index is 698. The van der Waals surface area contributed by atoms with Gasteiger partial charge in [-0.05, 0) is 61.0 Å². The second-order valence-corrected chi connectivity index (χ2v) is 4.57. The minimum Gasteiger partial charge on any atom is -0.504 e. The lowest BCUT2D eigenvalue weighted by molar-refractivity contribution is 0.411. The van der Waals surface area contributed by atoms with Crippen molar-refractivity contribution in [3.8, 4) is 28.6 Å². The third-order valence-electron chi connectivity index (χ3n) is 3.00. The predicted molar refractivity (Wildman–Crippen MR) is 77.1 cm³/mol. The van der Waals surface area contributed by atoms with Crippen LogP contribution in [-0.2, 0) is 0 Å². The van der Waals surface area contributed by atoms with E-state index in [9.17, 15) is 5.11 Å². The van der Waals surface area contributed by atoms with Crippen molar-refractivity contribution in [3.05, 3.63) is 66.4 Å². The van der Waals surface area contributed by atoms with Crippen LogP contribution in [0.25, 0.3) is 11.3 Å². The van der Waals surface area contributed by atoms with Crippen LogP contribution in [0, 0.1) is 6.92 Å². The Morgan fingerprint density at radius 3 is 2.45 bits per heavy atom. The number of phenols is 1. The van der Waals surface area contributed by atoms with Crippen LogP contribution in [-0.4, -0.2) is 5.11 Å². The summed E-state index contributed by atoms with van der Waals surface area (Å²) in [6.45, 7) is 1.92. The molecule has 1 aromatic heterocycles. The van der Waals surface area contributed by atoms with E-state index < -0.39 is 0 Å². The molecule has 0 radical (unpaired) electrons. The van der Waals surface area contributed by atoms with Gasteiger partial charge in [-0.3, -0.25) is 0 Å². The number of hydrogen-bond donors (Lipinski definition) is 1. The topological polar surface area (TPSA) is 42.6 Å². The first-order valence-corrected chi connectivity index (χ1v) is 6.34. The van der Waals surface area contributed by atoms with Crippen LogP contribution in [0.2, 0.25) is 0 Å². The van der Waals surface area contributed by atoms with Crippen molar-refractivity contribution in [2.45, 2.75) is 6.92 Å². The highest BCUT2D eigenvalue weighted by Crippen LogP contribution is 2.32. The number of phenolic OH excluding ortho intramolecular Hbond substituents is 1. The molecule has 1 heterocycles. The van der Waals surface area contributed by atoms with E-state index >= 15 is 0 Å². The number of furan rings is 1. The molecule has 1 N–H and O–H groups in total. The normalized spacial score (nSPS) is 10.4. The third kappa shape index (κ3) is 2.52. The quantitative estimate of drug-likeness (QED) is 0.743. The summed E-state index contributed by atoms with van der Waals surface area (Å²) in [7, 11) is 0. The molecule has 3 rings (SSSR count). The zero-order valence-corrected chi connectivity index (χ0v) is 11.0. The van der Waals surface area contributed by atoms with E-state index in [0.717, 1.165) is 16.9 Å². The van der Waals surface area contributed by atoms with Gasteiger partial charge in [0.1, 0.15) is 11.5 Å². The zero-order valence-electron chi connectivity index (χ0n) is 11.0. The highest BCUT2D eigenvalue weighted by atomic mass is 16.5. The lowest BCUT2D eigenvalue weighted by atomic mass is 10.1. The van der Waals surface area contributed by atoms with E-state index in [1.165, 1.54) is 0 Å². The van der Waals surface area contributed by atoms with Gasteiger partial charge in [-0.1, -0.05) is 6.07 Å². The van der Waals surface area contributed by atoms with Gasteiger partial charge in [0.05, 0.1) is 6.26 Å². The van der Waals surface area contributed by atoms with Crippen molar-refractivity contribution < 1.29 is 14.3 Å². The molecule has 3 heteroatoms. The fourth-order valence-corrected chi connectivity index (χ4v) is 1.97. The summed E-state index contributed by atoms with van der Waals surface area (Å²) in [4.78, 5) is 0. The molecule has 0 aliphatic rings. The zero-order chi connectivity index (χ0) is 13.9. The first-order chi connectivity index (χ1) is 9.72. The Hall–Kier alpha value is -2.68. The summed E-state index contributed by atoms with van der Waals surface area (Å²) in [5, 5.41) is 9.82.